The van der Waals surface area contributed by atoms with Crippen LogP contribution in [0, 0.1) is 0 Å². The van der Waals surface area contributed by atoms with Crippen LogP contribution in [0.15, 0.2) is 17.0 Å². The molecule has 4 heteroatoms. The average molecular weight is 154 g/mol. The molecule has 1 heterocycles. The van der Waals surface area contributed by atoms with Gasteiger partial charge in [-0.25, -0.2) is 4.98 Å². The summed E-state index contributed by atoms with van der Waals surface area (Å²) in [5.74, 6) is -0.451. The minimum Gasteiger partial charge on any atom is -0.366 e. The molecular formula is C6H6N2OS. The molecule has 0 aromatic carbocycles. The van der Waals surface area contributed by atoms with E-state index in [1.165, 1.54) is 17.4 Å². The zero-order valence-electron chi connectivity index (χ0n) is 5.15. The maximum absolute atomic E-state index is 10.2. The molecule has 0 bridgehead atoms. The van der Waals surface area contributed by atoms with E-state index in [2.05, 4.69) is 4.98 Å². The third-order valence-corrected chi connectivity index (χ3v) is 1.47. The topological polar surface area (TPSA) is 56.0 Å². The van der Waals surface area contributed by atoms with Gasteiger partial charge in [0.2, 0.25) is 5.91 Å². The Bertz CT molecular complexity index is 240. The van der Waals surface area contributed by atoms with Crippen molar-refractivity contribution in [1.29, 1.82) is 0 Å². The fraction of sp³-hybridized carbons (Fsp3) is 0. The molecule has 2 N–H and O–H groups in total. The summed E-state index contributed by atoms with van der Waals surface area (Å²) in [6, 6.07) is 0. The van der Waals surface area contributed by atoms with E-state index in [9.17, 15) is 4.79 Å². The van der Waals surface area contributed by atoms with E-state index in [0.717, 1.165) is 5.69 Å². The SMILES string of the molecule is NC(=O)/C=C\c1cscn1. The van der Waals surface area contributed by atoms with E-state index in [4.69, 9.17) is 5.73 Å². The zero-order chi connectivity index (χ0) is 7.40. The first-order valence-electron chi connectivity index (χ1n) is 2.65. The molecule has 1 amide bonds. The number of aromatic nitrogens is 1. The van der Waals surface area contributed by atoms with E-state index >= 15 is 0 Å². The lowest BCUT2D eigenvalue weighted by Gasteiger charge is -1.78. The second-order valence-electron chi connectivity index (χ2n) is 1.65. The summed E-state index contributed by atoms with van der Waals surface area (Å²) >= 11 is 1.48. The van der Waals surface area contributed by atoms with Crippen molar-refractivity contribution < 1.29 is 4.79 Å². The molecule has 0 saturated carbocycles. The molecule has 0 aliphatic carbocycles. The highest BCUT2D eigenvalue weighted by Gasteiger charge is 1.87. The maximum atomic E-state index is 10.2. The predicted octanol–water partition coefficient (Wildman–Crippen LogP) is 0.642. The van der Waals surface area contributed by atoms with Crippen molar-refractivity contribution >= 4 is 23.3 Å². The smallest absolute Gasteiger partial charge is 0.241 e. The number of hydrogen-bond acceptors (Lipinski definition) is 3. The fourth-order valence-corrected chi connectivity index (χ4v) is 0.994. The third kappa shape index (κ3) is 1.99. The fourth-order valence-electron chi connectivity index (χ4n) is 0.472. The van der Waals surface area contributed by atoms with Crippen molar-refractivity contribution in [1.82, 2.24) is 4.98 Å². The Hall–Kier alpha value is -1.16. The highest BCUT2D eigenvalue weighted by molar-refractivity contribution is 7.07. The second kappa shape index (κ2) is 3.12. The van der Waals surface area contributed by atoms with Crippen LogP contribution in [0.25, 0.3) is 6.08 Å². The van der Waals surface area contributed by atoms with Gasteiger partial charge < -0.3 is 5.73 Å². The van der Waals surface area contributed by atoms with Crippen molar-refractivity contribution in [3.63, 3.8) is 0 Å². The Morgan fingerprint density at radius 1 is 1.80 bits per heavy atom. The number of nitrogens with zero attached hydrogens (tertiary/aromatic N) is 1. The summed E-state index contributed by atoms with van der Waals surface area (Å²) < 4.78 is 0. The first-order valence-corrected chi connectivity index (χ1v) is 3.59. The Morgan fingerprint density at radius 3 is 3.10 bits per heavy atom. The predicted molar refractivity (Wildman–Crippen MR) is 40.3 cm³/mol. The Labute approximate surface area is 62.2 Å². The Balaban J connectivity index is 2.64. The first-order chi connectivity index (χ1) is 4.79. The molecule has 0 radical (unpaired) electrons. The average Bonchev–Trinajstić information content (AvgIpc) is 2.34. The normalized spacial score (nSPS) is 10.4. The molecule has 0 fully saturated rings. The van der Waals surface area contributed by atoms with Crippen molar-refractivity contribution in [2.75, 3.05) is 0 Å². The van der Waals surface area contributed by atoms with E-state index in [0.29, 0.717) is 0 Å². The number of amides is 1. The summed E-state index contributed by atoms with van der Waals surface area (Å²) in [5, 5.41) is 1.83. The van der Waals surface area contributed by atoms with Gasteiger partial charge in [0.1, 0.15) is 0 Å². The van der Waals surface area contributed by atoms with E-state index in [1.807, 2.05) is 5.38 Å². The first kappa shape index (κ1) is 6.95. The number of primary amides is 1. The summed E-state index contributed by atoms with van der Waals surface area (Å²) in [6.07, 6.45) is 2.87. The highest BCUT2D eigenvalue weighted by atomic mass is 32.1. The monoisotopic (exact) mass is 154 g/mol. The van der Waals surface area contributed by atoms with Gasteiger partial charge in [0.25, 0.3) is 0 Å². The highest BCUT2D eigenvalue weighted by Crippen LogP contribution is 2.01. The largest absolute Gasteiger partial charge is 0.366 e. The van der Waals surface area contributed by atoms with Crippen LogP contribution in [0.1, 0.15) is 5.69 Å². The van der Waals surface area contributed by atoms with Crippen LogP contribution >= 0.6 is 11.3 Å². The Morgan fingerprint density at radius 2 is 2.60 bits per heavy atom. The summed E-state index contributed by atoms with van der Waals surface area (Å²) in [6.45, 7) is 0. The van der Waals surface area contributed by atoms with Gasteiger partial charge >= 0.3 is 0 Å². The maximum Gasteiger partial charge on any atom is 0.241 e. The van der Waals surface area contributed by atoms with Crippen molar-refractivity contribution in [2.45, 2.75) is 0 Å². The number of hydrogen-bond donors (Lipinski definition) is 1. The van der Waals surface area contributed by atoms with Crippen LogP contribution in [0.5, 0.6) is 0 Å². The molecule has 0 aliphatic rings. The van der Waals surface area contributed by atoms with Crippen LogP contribution in [0.3, 0.4) is 0 Å². The standard InChI is InChI=1S/C6H6N2OS/c7-6(9)2-1-5-3-10-4-8-5/h1-4H,(H2,7,9)/b2-1-. The lowest BCUT2D eigenvalue weighted by Crippen LogP contribution is -2.05. The molecule has 10 heavy (non-hydrogen) atoms. The number of nitrogens with two attached hydrogens (primary N) is 1. The van der Waals surface area contributed by atoms with Crippen molar-refractivity contribution in [2.24, 2.45) is 5.73 Å². The molecule has 0 saturated heterocycles. The lowest BCUT2D eigenvalue weighted by molar-refractivity contribution is -0.113. The van der Waals surface area contributed by atoms with Crippen molar-refractivity contribution in [3.05, 3.63) is 22.7 Å². The van der Waals surface area contributed by atoms with Gasteiger partial charge in [-0.3, -0.25) is 4.79 Å². The molecule has 0 aliphatic heterocycles. The van der Waals surface area contributed by atoms with Crippen LogP contribution in [0.4, 0.5) is 0 Å². The number of thiazole rings is 1. The second-order valence-corrected chi connectivity index (χ2v) is 2.37. The van der Waals surface area contributed by atoms with Gasteiger partial charge in [0, 0.05) is 11.5 Å². The van der Waals surface area contributed by atoms with Crippen LogP contribution in [0.2, 0.25) is 0 Å². The molecule has 0 unspecified atom stereocenters. The lowest BCUT2D eigenvalue weighted by atomic mass is 10.4. The van der Waals surface area contributed by atoms with Gasteiger partial charge in [-0.1, -0.05) is 0 Å². The molecule has 1 aromatic heterocycles. The van der Waals surface area contributed by atoms with E-state index in [1.54, 1.807) is 11.6 Å². The number of rotatable bonds is 2. The molecule has 0 spiro atoms. The minimum atomic E-state index is -0.451. The van der Waals surface area contributed by atoms with Gasteiger partial charge in [0.15, 0.2) is 0 Å². The quantitative estimate of drug-likeness (QED) is 0.635. The molecule has 1 aromatic rings. The summed E-state index contributed by atoms with van der Waals surface area (Å²) in [7, 11) is 0. The molecular weight excluding hydrogens is 148 g/mol. The van der Waals surface area contributed by atoms with Gasteiger partial charge in [-0.15, -0.1) is 11.3 Å². The van der Waals surface area contributed by atoms with E-state index < -0.39 is 5.91 Å². The zero-order valence-corrected chi connectivity index (χ0v) is 5.97. The third-order valence-electron chi connectivity index (χ3n) is 0.870. The van der Waals surface area contributed by atoms with Crippen molar-refractivity contribution in [3.8, 4) is 0 Å². The van der Waals surface area contributed by atoms with Crippen LogP contribution < -0.4 is 5.73 Å². The van der Waals surface area contributed by atoms with E-state index in [-0.39, 0.29) is 0 Å². The van der Waals surface area contributed by atoms with Gasteiger partial charge in [0.05, 0.1) is 11.2 Å². The number of carbonyl (C=O) groups is 1. The molecule has 3 nitrogen and oxygen atoms in total. The summed E-state index contributed by atoms with van der Waals surface area (Å²) in [5.41, 5.74) is 7.32. The number of carbonyl (C=O) groups excluding carboxylic acids is 1. The van der Waals surface area contributed by atoms with Crippen LogP contribution in [-0.2, 0) is 4.79 Å². The Kier molecular flexibility index (Phi) is 2.17. The van der Waals surface area contributed by atoms with Crippen LogP contribution in [-0.4, -0.2) is 10.9 Å². The summed E-state index contributed by atoms with van der Waals surface area (Å²) in [4.78, 5) is 14.1. The molecule has 1 rings (SSSR count). The minimum absolute atomic E-state index is 0.451. The van der Waals surface area contributed by atoms with Gasteiger partial charge in [-0.05, 0) is 6.08 Å². The van der Waals surface area contributed by atoms with Gasteiger partial charge in [-0.2, -0.15) is 0 Å². The molecule has 0 atom stereocenters. The molecule has 52 valence electrons.